The third kappa shape index (κ3) is 25.7. The Balaban J connectivity index is 0.000000207. The Morgan fingerprint density at radius 2 is 0.500 bits per heavy atom. The molecule has 0 amide bonds. The van der Waals surface area contributed by atoms with Crippen LogP contribution in [-0.4, -0.2) is 175 Å². The number of hydrogen-bond donors (Lipinski definition) is 0. The topological polar surface area (TPSA) is 22.5 Å². The van der Waals surface area contributed by atoms with E-state index in [0.29, 0.717) is 0 Å². The maximum atomic E-state index is 2.59. The second-order valence-electron chi connectivity index (χ2n) is 17.4. The largest absolute Gasteiger partial charge is 0.306 e. The Bertz CT molecular complexity index is 715. The predicted molar refractivity (Wildman–Crippen MR) is 222 cm³/mol. The highest BCUT2D eigenvalue weighted by atomic mass is 15.2. The van der Waals surface area contributed by atoms with Gasteiger partial charge in [0.1, 0.15) is 0 Å². The van der Waals surface area contributed by atoms with Gasteiger partial charge >= 0.3 is 0 Å². The number of likely N-dealkylation sites (tertiary alicyclic amines) is 6. The molecule has 1 aliphatic carbocycles. The third-order valence-corrected chi connectivity index (χ3v) is 12.1. The smallest absolute Gasteiger partial charge is 0.0120 e. The molecule has 7 heteroatoms. The van der Waals surface area contributed by atoms with E-state index in [-0.39, 0.29) is 0 Å². The van der Waals surface area contributed by atoms with E-state index in [9.17, 15) is 0 Å². The first-order chi connectivity index (χ1) is 24.2. The second-order valence-corrected chi connectivity index (χ2v) is 17.4. The summed E-state index contributed by atoms with van der Waals surface area (Å²) in [7, 11) is 15.4. The Kier molecular flexibility index (Phi) is 27.6. The van der Waals surface area contributed by atoms with Crippen LogP contribution in [-0.2, 0) is 0 Å². The van der Waals surface area contributed by atoms with Gasteiger partial charge in [-0.25, -0.2) is 0 Å². The monoisotopic (exact) mass is 706 g/mol. The Morgan fingerprint density at radius 1 is 0.240 bits per heavy atom. The number of fused-ring (bicyclic) bond motifs is 1. The molecule has 0 bridgehead atoms. The van der Waals surface area contributed by atoms with Gasteiger partial charge in [0.15, 0.2) is 0 Å². The van der Waals surface area contributed by atoms with Crippen molar-refractivity contribution in [2.24, 2.45) is 5.92 Å². The van der Waals surface area contributed by atoms with E-state index in [0.717, 1.165) is 12.0 Å². The summed E-state index contributed by atoms with van der Waals surface area (Å²) in [5.74, 6) is 1.06. The molecule has 0 spiro atoms. The molecule has 2 unspecified atom stereocenters. The highest BCUT2D eigenvalue weighted by Crippen LogP contribution is 2.34. The molecule has 7 aliphatic heterocycles. The van der Waals surface area contributed by atoms with Gasteiger partial charge in [0, 0.05) is 19.1 Å². The zero-order chi connectivity index (χ0) is 36.2. The summed E-state index contributed by atoms with van der Waals surface area (Å²) in [6.07, 6.45) is 30.3. The molecular formula is C43H91N7. The summed E-state index contributed by atoms with van der Waals surface area (Å²) >= 11 is 0. The predicted octanol–water partition coefficient (Wildman–Crippen LogP) is 7.71. The molecule has 7 saturated heterocycles. The first kappa shape index (κ1) is 45.9. The van der Waals surface area contributed by atoms with Gasteiger partial charge in [0.05, 0.1) is 0 Å². The van der Waals surface area contributed by atoms with E-state index in [2.05, 4.69) is 83.6 Å². The van der Waals surface area contributed by atoms with Crippen molar-refractivity contribution in [3.8, 4) is 0 Å². The quantitative estimate of drug-likeness (QED) is 0.238. The van der Waals surface area contributed by atoms with Crippen LogP contribution in [0, 0.1) is 5.92 Å². The van der Waals surface area contributed by atoms with Crippen molar-refractivity contribution in [2.45, 2.75) is 141 Å². The van der Waals surface area contributed by atoms with Crippen molar-refractivity contribution in [3.05, 3.63) is 0 Å². The van der Waals surface area contributed by atoms with E-state index < -0.39 is 0 Å². The van der Waals surface area contributed by atoms with E-state index >= 15 is 0 Å². The lowest BCUT2D eigenvalue weighted by atomic mass is 9.79. The van der Waals surface area contributed by atoms with Gasteiger partial charge in [-0.05, 0) is 211 Å². The third-order valence-electron chi connectivity index (χ3n) is 12.1. The Morgan fingerprint density at radius 3 is 0.800 bits per heavy atom. The highest BCUT2D eigenvalue weighted by molar-refractivity contribution is 4.85. The van der Waals surface area contributed by atoms with E-state index in [1.165, 1.54) is 220 Å². The minimum Gasteiger partial charge on any atom is -0.306 e. The number of piperidine rings is 2. The van der Waals surface area contributed by atoms with Crippen molar-refractivity contribution in [1.29, 1.82) is 0 Å². The fourth-order valence-corrected chi connectivity index (χ4v) is 8.01. The number of nitrogens with zero attached hydrogens (tertiary/aromatic N) is 7. The molecule has 8 rings (SSSR count). The second kappa shape index (κ2) is 30.1. The van der Waals surface area contributed by atoms with Gasteiger partial charge in [-0.3, -0.25) is 0 Å². The molecule has 50 heavy (non-hydrogen) atoms. The van der Waals surface area contributed by atoms with Crippen molar-refractivity contribution in [3.63, 3.8) is 0 Å². The molecule has 8 fully saturated rings. The zero-order valence-corrected chi connectivity index (χ0v) is 35.3. The van der Waals surface area contributed by atoms with Crippen LogP contribution >= 0.6 is 0 Å². The van der Waals surface area contributed by atoms with E-state index in [4.69, 9.17) is 0 Å². The average Bonchev–Trinajstić information content (AvgIpc) is 3.81. The summed E-state index contributed by atoms with van der Waals surface area (Å²) in [6, 6.07) is 0.956. The summed E-state index contributed by atoms with van der Waals surface area (Å²) in [4.78, 5) is 16.8. The van der Waals surface area contributed by atoms with Gasteiger partial charge in [-0.1, -0.05) is 51.4 Å². The lowest BCUT2D eigenvalue weighted by molar-refractivity contribution is 0.0841. The molecule has 0 radical (unpaired) electrons. The fraction of sp³-hybridized carbons (Fsp3) is 1.00. The van der Waals surface area contributed by atoms with Gasteiger partial charge in [-0.2, -0.15) is 0 Å². The average molecular weight is 706 g/mol. The van der Waals surface area contributed by atoms with Gasteiger partial charge in [0.25, 0.3) is 0 Å². The molecule has 8 aliphatic rings. The van der Waals surface area contributed by atoms with Crippen LogP contribution in [0.25, 0.3) is 0 Å². The zero-order valence-electron chi connectivity index (χ0n) is 35.3. The SMILES string of the molecule is CN1CC1.CN1CCC1.CN1CCCC1.CN1CCCC2CCCCC21.CN1CCCCC1.CN1CCCCCC1.CN1CCCCCCC1. The van der Waals surface area contributed by atoms with Crippen molar-refractivity contribution < 1.29 is 0 Å². The van der Waals surface area contributed by atoms with Crippen LogP contribution in [0.15, 0.2) is 0 Å². The lowest BCUT2D eigenvalue weighted by Gasteiger charge is -2.42. The Hall–Kier alpha value is -0.280. The molecule has 7 nitrogen and oxygen atoms in total. The van der Waals surface area contributed by atoms with Crippen LogP contribution < -0.4 is 0 Å². The molecule has 298 valence electrons. The molecular weight excluding hydrogens is 615 g/mol. The molecule has 0 aromatic carbocycles. The minimum absolute atomic E-state index is 0.956. The number of likely N-dealkylation sites (N-methyl/N-ethyl adjacent to an activating group) is 1. The normalized spacial score (nSPS) is 28.6. The molecule has 0 N–H and O–H groups in total. The standard InChI is InChI=1S/C10H19N.C8H17N.C7H15N.C6H13N.C5H11N.C4H9N.C3H7N/c1-11-8-4-6-9-5-2-3-7-10(9)11;1-9-7-5-3-2-4-6-8-9;1-8-6-4-2-3-5-7-8;1-7-5-3-2-4-6-7;1-6-4-2-3-5-6;1-5-3-2-4-5;1-4-2-3-4/h9-10H,2-8H2,1H3;2-8H2,1H3;2-7H2,1H3;2-6H2,1H3;2-5H2,1H3;2-4H2,1H3;2-3H2,1H3. The summed E-state index contributed by atoms with van der Waals surface area (Å²) in [5.41, 5.74) is 0. The van der Waals surface area contributed by atoms with Crippen LogP contribution in [0.5, 0.6) is 0 Å². The number of rotatable bonds is 0. The van der Waals surface area contributed by atoms with Crippen molar-refractivity contribution in [2.75, 3.05) is 134 Å². The maximum absolute atomic E-state index is 2.59. The first-order valence-corrected chi connectivity index (χ1v) is 22.1. The Labute approximate surface area is 314 Å². The maximum Gasteiger partial charge on any atom is 0.0120 e. The van der Waals surface area contributed by atoms with E-state index in [1.807, 2.05) is 0 Å². The van der Waals surface area contributed by atoms with E-state index in [1.54, 1.807) is 0 Å². The van der Waals surface area contributed by atoms with Crippen LogP contribution in [0.1, 0.15) is 135 Å². The minimum atomic E-state index is 0.956. The van der Waals surface area contributed by atoms with Gasteiger partial charge < -0.3 is 34.3 Å². The summed E-state index contributed by atoms with van der Waals surface area (Å²) in [6.45, 7) is 17.2. The highest BCUT2D eigenvalue weighted by Gasteiger charge is 2.30. The molecule has 0 aromatic heterocycles. The summed E-state index contributed by atoms with van der Waals surface area (Å²) < 4.78 is 0. The summed E-state index contributed by atoms with van der Waals surface area (Å²) in [5, 5.41) is 0. The molecule has 7 heterocycles. The fourth-order valence-electron chi connectivity index (χ4n) is 8.01. The molecule has 0 aromatic rings. The van der Waals surface area contributed by atoms with Crippen molar-refractivity contribution >= 4 is 0 Å². The van der Waals surface area contributed by atoms with Gasteiger partial charge in [0.2, 0.25) is 0 Å². The van der Waals surface area contributed by atoms with Crippen LogP contribution in [0.4, 0.5) is 0 Å². The first-order valence-electron chi connectivity index (χ1n) is 22.1. The molecule has 2 atom stereocenters. The van der Waals surface area contributed by atoms with Gasteiger partial charge in [-0.15, -0.1) is 0 Å². The van der Waals surface area contributed by atoms with Crippen LogP contribution in [0.2, 0.25) is 0 Å². The molecule has 1 saturated carbocycles. The van der Waals surface area contributed by atoms with Crippen LogP contribution in [0.3, 0.4) is 0 Å². The van der Waals surface area contributed by atoms with Crippen molar-refractivity contribution in [1.82, 2.24) is 34.3 Å². The number of hydrogen-bond acceptors (Lipinski definition) is 7. The lowest BCUT2D eigenvalue weighted by Crippen LogP contribution is -2.44.